The Morgan fingerprint density at radius 2 is 1.85 bits per heavy atom. The molecular formula is C18H18ClN3O5. The fourth-order valence-electron chi connectivity index (χ4n) is 2.16. The van der Waals surface area contributed by atoms with Gasteiger partial charge < -0.3 is 25.8 Å². The summed E-state index contributed by atoms with van der Waals surface area (Å²) in [5, 5.41) is 5.36. The smallest absolute Gasteiger partial charge is 0.338 e. The highest BCUT2D eigenvalue weighted by atomic mass is 35.5. The van der Waals surface area contributed by atoms with E-state index in [-0.39, 0.29) is 5.56 Å². The highest BCUT2D eigenvalue weighted by Gasteiger charge is 2.20. The molecule has 0 aliphatic rings. The van der Waals surface area contributed by atoms with E-state index >= 15 is 0 Å². The van der Waals surface area contributed by atoms with E-state index in [9.17, 15) is 14.4 Å². The van der Waals surface area contributed by atoms with Crippen LogP contribution in [0.5, 0.6) is 5.75 Å². The van der Waals surface area contributed by atoms with Crippen LogP contribution in [0.15, 0.2) is 42.5 Å². The van der Waals surface area contributed by atoms with Gasteiger partial charge in [-0.25, -0.2) is 9.59 Å². The largest absolute Gasteiger partial charge is 0.495 e. The molecule has 2 aromatic rings. The van der Waals surface area contributed by atoms with E-state index in [1.165, 1.54) is 32.2 Å². The van der Waals surface area contributed by atoms with Gasteiger partial charge >= 0.3 is 12.0 Å². The van der Waals surface area contributed by atoms with Crippen molar-refractivity contribution in [3.8, 4) is 5.75 Å². The number of rotatable bonds is 6. The third-order valence-corrected chi connectivity index (χ3v) is 3.67. The monoisotopic (exact) mass is 391 g/mol. The average molecular weight is 392 g/mol. The summed E-state index contributed by atoms with van der Waals surface area (Å²) in [5.74, 6) is -0.879. The van der Waals surface area contributed by atoms with Gasteiger partial charge in [0.2, 0.25) is 0 Å². The molecule has 0 aliphatic heterocycles. The van der Waals surface area contributed by atoms with Gasteiger partial charge in [0.1, 0.15) is 5.75 Å². The minimum atomic E-state index is -1.09. The number of anilines is 2. The fraction of sp³-hybridized carbons (Fsp3) is 0.167. The van der Waals surface area contributed by atoms with Crippen molar-refractivity contribution in [1.29, 1.82) is 0 Å². The first-order valence-corrected chi connectivity index (χ1v) is 8.20. The Bertz CT molecular complexity index is 872. The van der Waals surface area contributed by atoms with Crippen LogP contribution >= 0.6 is 11.6 Å². The third-order valence-electron chi connectivity index (χ3n) is 3.44. The molecule has 2 rings (SSSR count). The number of carbonyl (C=O) groups is 3. The van der Waals surface area contributed by atoms with Crippen LogP contribution in [-0.2, 0) is 9.53 Å². The van der Waals surface area contributed by atoms with E-state index in [1.807, 2.05) is 0 Å². The molecule has 1 atom stereocenters. The van der Waals surface area contributed by atoms with E-state index in [4.69, 9.17) is 26.8 Å². The number of urea groups is 1. The maximum Gasteiger partial charge on any atom is 0.338 e. The van der Waals surface area contributed by atoms with Crippen LogP contribution in [0.1, 0.15) is 17.3 Å². The zero-order valence-corrected chi connectivity index (χ0v) is 15.4. The van der Waals surface area contributed by atoms with E-state index < -0.39 is 24.0 Å². The molecule has 2 aromatic carbocycles. The van der Waals surface area contributed by atoms with Gasteiger partial charge in [-0.2, -0.15) is 0 Å². The molecule has 0 radical (unpaired) electrons. The van der Waals surface area contributed by atoms with Crippen molar-refractivity contribution >= 4 is 40.9 Å². The summed E-state index contributed by atoms with van der Waals surface area (Å²) in [6.45, 7) is 1.43. The number of carbonyl (C=O) groups excluding carboxylic acids is 3. The van der Waals surface area contributed by atoms with Crippen LogP contribution in [0.2, 0.25) is 5.02 Å². The second-order valence-electron chi connectivity index (χ2n) is 5.45. The molecule has 4 N–H and O–H groups in total. The molecule has 27 heavy (non-hydrogen) atoms. The summed E-state index contributed by atoms with van der Waals surface area (Å²) in [7, 11) is 1.45. The number of primary amides is 1. The number of nitrogens with one attached hydrogen (secondary N) is 2. The van der Waals surface area contributed by atoms with Crippen molar-refractivity contribution in [3.05, 3.63) is 53.1 Å². The summed E-state index contributed by atoms with van der Waals surface area (Å²) in [6, 6.07) is 9.96. The molecule has 0 saturated carbocycles. The first kappa shape index (κ1) is 20.1. The Morgan fingerprint density at radius 3 is 2.52 bits per heavy atom. The van der Waals surface area contributed by atoms with Gasteiger partial charge in [-0.1, -0.05) is 17.7 Å². The number of amides is 3. The number of esters is 1. The standard InChI is InChI=1S/C18H18ClN3O5/c1-10(16(23)22-14-9-12(19)6-7-15(14)26-2)27-17(24)11-4-3-5-13(8-11)21-18(20)25/h3-10H,1-2H3,(H,22,23)(H3,20,21,25)/t10-/m0/s1. The molecule has 0 heterocycles. The minimum absolute atomic E-state index is 0.154. The Kier molecular flexibility index (Phi) is 6.62. The van der Waals surface area contributed by atoms with Gasteiger partial charge in [0.15, 0.2) is 6.10 Å². The molecule has 8 nitrogen and oxygen atoms in total. The minimum Gasteiger partial charge on any atom is -0.495 e. The molecule has 0 saturated heterocycles. The van der Waals surface area contributed by atoms with Crippen molar-refractivity contribution in [2.75, 3.05) is 17.7 Å². The zero-order valence-electron chi connectivity index (χ0n) is 14.6. The van der Waals surface area contributed by atoms with Crippen LogP contribution in [0.3, 0.4) is 0 Å². The molecule has 0 bridgehead atoms. The quantitative estimate of drug-likeness (QED) is 0.654. The van der Waals surface area contributed by atoms with Crippen LogP contribution in [0.25, 0.3) is 0 Å². The lowest BCUT2D eigenvalue weighted by atomic mass is 10.2. The third kappa shape index (κ3) is 5.61. The summed E-state index contributed by atoms with van der Waals surface area (Å²) in [6.07, 6.45) is -1.09. The SMILES string of the molecule is COc1ccc(Cl)cc1NC(=O)[C@H](C)OC(=O)c1cccc(NC(N)=O)c1. The van der Waals surface area contributed by atoms with Crippen LogP contribution in [0.4, 0.5) is 16.2 Å². The number of methoxy groups -OCH3 is 1. The number of nitrogens with two attached hydrogens (primary N) is 1. The fourth-order valence-corrected chi connectivity index (χ4v) is 2.33. The summed E-state index contributed by atoms with van der Waals surface area (Å²) < 4.78 is 10.3. The van der Waals surface area contributed by atoms with Crippen LogP contribution in [-0.4, -0.2) is 31.1 Å². The molecule has 9 heteroatoms. The number of ether oxygens (including phenoxy) is 2. The van der Waals surface area contributed by atoms with Gasteiger partial charge in [0.25, 0.3) is 5.91 Å². The predicted octanol–water partition coefficient (Wildman–Crippen LogP) is 3.02. The van der Waals surface area contributed by atoms with E-state index in [0.717, 1.165) is 0 Å². The molecule has 0 fully saturated rings. The Labute approximate surface area is 160 Å². The van der Waals surface area contributed by atoms with Crippen molar-refractivity contribution in [1.82, 2.24) is 0 Å². The average Bonchev–Trinajstić information content (AvgIpc) is 2.61. The van der Waals surface area contributed by atoms with Crippen molar-refractivity contribution < 1.29 is 23.9 Å². The Hall–Kier alpha value is -3.26. The van der Waals surface area contributed by atoms with Crippen molar-refractivity contribution in [3.63, 3.8) is 0 Å². The van der Waals surface area contributed by atoms with Gasteiger partial charge in [-0.3, -0.25) is 4.79 Å². The molecule has 0 aromatic heterocycles. The lowest BCUT2D eigenvalue weighted by Crippen LogP contribution is -2.30. The summed E-state index contributed by atoms with van der Waals surface area (Å²) in [5.41, 5.74) is 5.88. The molecule has 0 unspecified atom stereocenters. The van der Waals surface area contributed by atoms with E-state index in [2.05, 4.69) is 10.6 Å². The van der Waals surface area contributed by atoms with Crippen LogP contribution < -0.4 is 21.1 Å². The van der Waals surface area contributed by atoms with Crippen LogP contribution in [0, 0.1) is 0 Å². The van der Waals surface area contributed by atoms with Gasteiger partial charge in [0.05, 0.1) is 18.4 Å². The lowest BCUT2D eigenvalue weighted by molar-refractivity contribution is -0.123. The van der Waals surface area contributed by atoms with Gasteiger partial charge in [-0.15, -0.1) is 0 Å². The van der Waals surface area contributed by atoms with Crippen molar-refractivity contribution in [2.24, 2.45) is 5.73 Å². The second kappa shape index (κ2) is 8.91. The topological polar surface area (TPSA) is 120 Å². The highest BCUT2D eigenvalue weighted by molar-refractivity contribution is 6.31. The van der Waals surface area contributed by atoms with E-state index in [0.29, 0.717) is 22.1 Å². The maximum absolute atomic E-state index is 12.3. The molecule has 0 spiro atoms. The molecular weight excluding hydrogens is 374 g/mol. The zero-order chi connectivity index (χ0) is 20.0. The number of benzene rings is 2. The lowest BCUT2D eigenvalue weighted by Gasteiger charge is -2.15. The molecule has 142 valence electrons. The maximum atomic E-state index is 12.3. The molecule has 3 amide bonds. The predicted molar refractivity (Wildman–Crippen MR) is 101 cm³/mol. The van der Waals surface area contributed by atoms with E-state index in [1.54, 1.807) is 24.3 Å². The molecule has 0 aliphatic carbocycles. The first-order valence-electron chi connectivity index (χ1n) is 7.82. The van der Waals surface area contributed by atoms with Gasteiger partial charge in [0, 0.05) is 10.7 Å². The van der Waals surface area contributed by atoms with Gasteiger partial charge in [-0.05, 0) is 43.3 Å². The first-order chi connectivity index (χ1) is 12.8. The Morgan fingerprint density at radius 1 is 1.11 bits per heavy atom. The van der Waals surface area contributed by atoms with Crippen molar-refractivity contribution in [2.45, 2.75) is 13.0 Å². The number of halogens is 1. The highest BCUT2D eigenvalue weighted by Crippen LogP contribution is 2.27. The second-order valence-corrected chi connectivity index (χ2v) is 5.89. The Balaban J connectivity index is 2.05. The summed E-state index contributed by atoms with van der Waals surface area (Å²) >= 11 is 5.92. The summed E-state index contributed by atoms with van der Waals surface area (Å²) in [4.78, 5) is 35.4. The normalized spacial score (nSPS) is 11.2. The number of hydrogen-bond acceptors (Lipinski definition) is 5. The number of hydrogen-bond donors (Lipinski definition) is 3.